The van der Waals surface area contributed by atoms with Gasteiger partial charge in [-0.05, 0) is 65.1 Å². The van der Waals surface area contributed by atoms with Gasteiger partial charge in [-0.1, -0.05) is 31.2 Å². The first kappa shape index (κ1) is 20.7. The van der Waals surface area contributed by atoms with Crippen molar-refractivity contribution in [2.24, 2.45) is 5.92 Å². The molecule has 0 radical (unpaired) electrons. The van der Waals surface area contributed by atoms with Crippen LogP contribution in [0.25, 0.3) is 0 Å². The summed E-state index contributed by atoms with van der Waals surface area (Å²) in [4.78, 5) is 25.4. The second-order valence-electron chi connectivity index (χ2n) is 7.40. The average Bonchev–Trinajstić information content (AvgIpc) is 2.67. The van der Waals surface area contributed by atoms with Crippen molar-refractivity contribution in [3.8, 4) is 0 Å². The molecule has 2 aromatic rings. The smallest absolute Gasteiger partial charge is 0.270 e. The van der Waals surface area contributed by atoms with Gasteiger partial charge in [0.05, 0.1) is 10.5 Å². The normalized spacial score (nSPS) is 17.3. The van der Waals surface area contributed by atoms with E-state index in [-0.39, 0.29) is 11.6 Å². The number of piperidine rings is 1. The number of halogens is 1. The lowest BCUT2D eigenvalue weighted by Gasteiger charge is -2.30. The number of carbonyl (C=O) groups excluding carboxylic acids is 1. The van der Waals surface area contributed by atoms with Crippen molar-refractivity contribution < 1.29 is 9.72 Å². The maximum Gasteiger partial charge on any atom is 0.270 e. The lowest BCUT2D eigenvalue weighted by molar-refractivity contribution is -0.384. The minimum absolute atomic E-state index is 0.0815. The van der Waals surface area contributed by atoms with Gasteiger partial charge in [0, 0.05) is 35.3 Å². The topological polar surface area (TPSA) is 75.5 Å². The summed E-state index contributed by atoms with van der Waals surface area (Å²) < 4.78 is 0.687. The minimum atomic E-state index is -0.491. The highest BCUT2D eigenvalue weighted by Crippen LogP contribution is 2.20. The van der Waals surface area contributed by atoms with E-state index in [2.05, 4.69) is 29.3 Å². The van der Waals surface area contributed by atoms with E-state index in [0.29, 0.717) is 15.7 Å². The molecule has 148 valence electrons. The summed E-state index contributed by atoms with van der Waals surface area (Å²) in [6.07, 6.45) is 2.58. The Balaban J connectivity index is 1.57. The SMILES string of the molecule is CC1CCCN(Cc2ccc(CNC(=O)c3cc([N+](=O)[O-])ccc3I)cc2)C1. The van der Waals surface area contributed by atoms with E-state index >= 15 is 0 Å². The average molecular weight is 493 g/mol. The molecule has 0 aliphatic carbocycles. The van der Waals surface area contributed by atoms with E-state index in [1.54, 1.807) is 6.07 Å². The highest BCUT2D eigenvalue weighted by atomic mass is 127. The number of benzene rings is 2. The molecule has 1 unspecified atom stereocenters. The Morgan fingerprint density at radius 3 is 2.64 bits per heavy atom. The van der Waals surface area contributed by atoms with Crippen LogP contribution in [0.4, 0.5) is 5.69 Å². The molecule has 1 heterocycles. The number of nitro groups is 1. The van der Waals surface area contributed by atoms with Gasteiger partial charge in [0.2, 0.25) is 0 Å². The number of nitrogens with one attached hydrogen (secondary N) is 1. The largest absolute Gasteiger partial charge is 0.348 e. The number of amides is 1. The molecule has 1 fully saturated rings. The molecule has 3 rings (SSSR count). The Bertz CT molecular complexity index is 854. The van der Waals surface area contributed by atoms with Gasteiger partial charge in [-0.3, -0.25) is 19.8 Å². The number of non-ortho nitro benzene ring substituents is 1. The van der Waals surface area contributed by atoms with Crippen LogP contribution in [0.3, 0.4) is 0 Å². The first-order chi connectivity index (χ1) is 13.4. The number of hydrogen-bond acceptors (Lipinski definition) is 4. The van der Waals surface area contributed by atoms with E-state index in [1.165, 1.54) is 30.5 Å². The van der Waals surface area contributed by atoms with Gasteiger partial charge in [-0.25, -0.2) is 0 Å². The summed E-state index contributed by atoms with van der Waals surface area (Å²) in [5, 5.41) is 13.8. The number of nitro benzene ring substituents is 1. The van der Waals surface area contributed by atoms with Crippen molar-refractivity contribution in [2.75, 3.05) is 13.1 Å². The molecule has 1 aliphatic heterocycles. The third kappa shape index (κ3) is 5.51. The zero-order valence-electron chi connectivity index (χ0n) is 15.9. The van der Waals surface area contributed by atoms with Crippen molar-refractivity contribution in [1.29, 1.82) is 0 Å². The Kier molecular flexibility index (Phi) is 7.01. The summed E-state index contributed by atoms with van der Waals surface area (Å²) in [5.41, 5.74) is 2.52. The monoisotopic (exact) mass is 493 g/mol. The number of rotatable bonds is 6. The summed E-state index contributed by atoms with van der Waals surface area (Å²) in [5.74, 6) is 0.458. The minimum Gasteiger partial charge on any atom is -0.348 e. The molecule has 1 N–H and O–H groups in total. The van der Waals surface area contributed by atoms with Crippen LogP contribution >= 0.6 is 22.6 Å². The van der Waals surface area contributed by atoms with Crippen LogP contribution in [0.5, 0.6) is 0 Å². The molecule has 0 aromatic heterocycles. The predicted octanol–water partition coefficient (Wildman–Crippen LogP) is 4.36. The van der Waals surface area contributed by atoms with E-state index < -0.39 is 4.92 Å². The second kappa shape index (κ2) is 9.47. The highest BCUT2D eigenvalue weighted by molar-refractivity contribution is 14.1. The highest BCUT2D eigenvalue weighted by Gasteiger charge is 2.17. The number of hydrogen-bond donors (Lipinski definition) is 1. The molecule has 1 atom stereocenters. The summed E-state index contributed by atoms with van der Waals surface area (Å²) in [6, 6.07) is 12.6. The number of nitrogens with zero attached hydrogens (tertiary/aromatic N) is 2. The molecule has 0 saturated carbocycles. The van der Waals surface area contributed by atoms with Crippen LogP contribution in [0.1, 0.15) is 41.3 Å². The Labute approximate surface area is 178 Å². The quantitative estimate of drug-likeness (QED) is 0.369. The molecule has 1 amide bonds. The fourth-order valence-electron chi connectivity index (χ4n) is 3.53. The number of carbonyl (C=O) groups is 1. The van der Waals surface area contributed by atoms with Crippen LogP contribution in [0, 0.1) is 19.6 Å². The maximum absolute atomic E-state index is 12.4. The zero-order valence-corrected chi connectivity index (χ0v) is 18.0. The first-order valence-corrected chi connectivity index (χ1v) is 10.5. The van der Waals surface area contributed by atoms with Gasteiger partial charge in [-0.15, -0.1) is 0 Å². The fourth-order valence-corrected chi connectivity index (χ4v) is 4.11. The van der Waals surface area contributed by atoms with Crippen LogP contribution < -0.4 is 5.32 Å². The predicted molar refractivity (Wildman–Crippen MR) is 117 cm³/mol. The van der Waals surface area contributed by atoms with E-state index in [4.69, 9.17) is 0 Å². The fraction of sp³-hybridized carbons (Fsp3) is 0.381. The van der Waals surface area contributed by atoms with Gasteiger partial charge in [0.15, 0.2) is 0 Å². The van der Waals surface area contributed by atoms with E-state index in [1.807, 2.05) is 34.7 Å². The van der Waals surface area contributed by atoms with Crippen LogP contribution in [-0.2, 0) is 13.1 Å². The summed E-state index contributed by atoms with van der Waals surface area (Å²) in [7, 11) is 0. The number of likely N-dealkylation sites (tertiary alicyclic amines) is 1. The lowest BCUT2D eigenvalue weighted by Crippen LogP contribution is -2.33. The van der Waals surface area contributed by atoms with E-state index in [9.17, 15) is 14.9 Å². The van der Waals surface area contributed by atoms with Crippen molar-refractivity contribution in [3.05, 3.63) is 72.8 Å². The molecule has 28 heavy (non-hydrogen) atoms. The summed E-state index contributed by atoms with van der Waals surface area (Å²) in [6.45, 7) is 5.96. The zero-order chi connectivity index (χ0) is 20.1. The molecule has 0 bridgehead atoms. The molecule has 2 aromatic carbocycles. The van der Waals surface area contributed by atoms with Crippen molar-refractivity contribution in [3.63, 3.8) is 0 Å². The van der Waals surface area contributed by atoms with Gasteiger partial charge in [0.25, 0.3) is 11.6 Å². The van der Waals surface area contributed by atoms with Gasteiger partial charge < -0.3 is 5.32 Å². The molecule has 0 spiro atoms. The van der Waals surface area contributed by atoms with Crippen LogP contribution in [-0.4, -0.2) is 28.8 Å². The summed E-state index contributed by atoms with van der Waals surface area (Å²) >= 11 is 2.01. The molecule has 1 saturated heterocycles. The van der Waals surface area contributed by atoms with Gasteiger partial charge >= 0.3 is 0 Å². The van der Waals surface area contributed by atoms with Crippen LogP contribution in [0.2, 0.25) is 0 Å². The third-order valence-corrected chi connectivity index (χ3v) is 5.97. The molecule has 6 nitrogen and oxygen atoms in total. The molecular formula is C21H24IN3O3. The van der Waals surface area contributed by atoms with E-state index in [0.717, 1.165) is 31.1 Å². The van der Waals surface area contributed by atoms with Crippen molar-refractivity contribution in [2.45, 2.75) is 32.9 Å². The van der Waals surface area contributed by atoms with Gasteiger partial charge in [0.1, 0.15) is 0 Å². The van der Waals surface area contributed by atoms with Gasteiger partial charge in [-0.2, -0.15) is 0 Å². The molecule has 1 aliphatic rings. The standard InChI is InChI=1S/C21H24IN3O3/c1-15-3-2-10-24(13-15)14-17-6-4-16(5-7-17)12-23-21(26)19-11-18(25(27)28)8-9-20(19)22/h4-9,11,15H,2-3,10,12-14H2,1H3,(H,23,26). The Morgan fingerprint density at radius 2 is 1.96 bits per heavy atom. The molecular weight excluding hydrogens is 469 g/mol. The first-order valence-electron chi connectivity index (χ1n) is 9.44. The Hall–Kier alpha value is -2.00. The Morgan fingerprint density at radius 1 is 1.25 bits per heavy atom. The lowest BCUT2D eigenvalue weighted by atomic mass is 9.99. The molecule has 7 heteroatoms. The van der Waals surface area contributed by atoms with Crippen LogP contribution in [0.15, 0.2) is 42.5 Å². The maximum atomic E-state index is 12.4. The third-order valence-electron chi connectivity index (χ3n) is 5.03. The second-order valence-corrected chi connectivity index (χ2v) is 8.57. The van der Waals surface area contributed by atoms with Crippen molar-refractivity contribution in [1.82, 2.24) is 10.2 Å². The van der Waals surface area contributed by atoms with Crippen molar-refractivity contribution >= 4 is 34.2 Å².